The van der Waals surface area contributed by atoms with E-state index in [1.807, 2.05) is 0 Å². The fourth-order valence-electron chi connectivity index (χ4n) is 1.43. The molecule has 1 aliphatic carbocycles. The lowest BCUT2D eigenvalue weighted by molar-refractivity contribution is 0.473. The second kappa shape index (κ2) is 4.10. The molecule has 0 saturated carbocycles. The average Bonchev–Trinajstić information content (AvgIpc) is 1.93. The quantitative estimate of drug-likeness (QED) is 0.655. The summed E-state index contributed by atoms with van der Waals surface area (Å²) in [6.07, 6.45) is 9.03. The van der Waals surface area contributed by atoms with E-state index in [1.54, 1.807) is 0 Å². The van der Waals surface area contributed by atoms with Crippen molar-refractivity contribution >= 4 is 15.9 Å². The van der Waals surface area contributed by atoms with Crippen LogP contribution in [0.5, 0.6) is 0 Å². The molecule has 0 fully saturated rings. The third-order valence-electron chi connectivity index (χ3n) is 1.96. The fraction of sp³-hybridized carbons (Fsp3) is 0.600. The van der Waals surface area contributed by atoms with Crippen LogP contribution in [0.15, 0.2) is 22.7 Å². The minimum absolute atomic E-state index is 0.736. The van der Waals surface area contributed by atoms with Crippen LogP contribution in [0.1, 0.15) is 26.7 Å². The Kier molecular flexibility index (Phi) is 3.38. The SMILES string of the molecule is CC(C)CC1CC=CC=C1Br. The number of hydrogen-bond acceptors (Lipinski definition) is 0. The molecule has 62 valence electrons. The Morgan fingerprint density at radius 1 is 1.64 bits per heavy atom. The van der Waals surface area contributed by atoms with Gasteiger partial charge in [0.05, 0.1) is 0 Å². The molecule has 1 atom stereocenters. The van der Waals surface area contributed by atoms with Gasteiger partial charge in [-0.05, 0) is 29.2 Å². The highest BCUT2D eigenvalue weighted by Gasteiger charge is 2.13. The largest absolute Gasteiger partial charge is 0.0839 e. The van der Waals surface area contributed by atoms with Crippen molar-refractivity contribution in [2.75, 3.05) is 0 Å². The van der Waals surface area contributed by atoms with Crippen LogP contribution in [0.3, 0.4) is 0 Å². The van der Waals surface area contributed by atoms with Gasteiger partial charge in [0.15, 0.2) is 0 Å². The zero-order chi connectivity index (χ0) is 8.27. The molecular formula is C10H15Br. The van der Waals surface area contributed by atoms with Crippen molar-refractivity contribution in [2.45, 2.75) is 26.7 Å². The fourth-order valence-corrected chi connectivity index (χ4v) is 1.96. The van der Waals surface area contributed by atoms with Crippen LogP contribution in [0.4, 0.5) is 0 Å². The molecule has 1 unspecified atom stereocenters. The molecule has 0 aromatic heterocycles. The summed E-state index contributed by atoms with van der Waals surface area (Å²) >= 11 is 3.59. The van der Waals surface area contributed by atoms with E-state index in [9.17, 15) is 0 Å². The van der Waals surface area contributed by atoms with Gasteiger partial charge in [-0.1, -0.05) is 48.0 Å². The molecule has 0 heterocycles. The smallest absolute Gasteiger partial charge is 0.00153 e. The second-order valence-corrected chi connectivity index (χ2v) is 4.46. The lowest BCUT2D eigenvalue weighted by Crippen LogP contribution is -2.05. The van der Waals surface area contributed by atoms with Gasteiger partial charge in [-0.3, -0.25) is 0 Å². The normalized spacial score (nSPS) is 24.0. The Morgan fingerprint density at radius 2 is 2.36 bits per heavy atom. The van der Waals surface area contributed by atoms with Gasteiger partial charge in [-0.25, -0.2) is 0 Å². The third kappa shape index (κ3) is 2.82. The maximum Gasteiger partial charge on any atom is -0.00153 e. The van der Waals surface area contributed by atoms with Crippen molar-refractivity contribution in [3.63, 3.8) is 0 Å². The zero-order valence-corrected chi connectivity index (χ0v) is 8.76. The van der Waals surface area contributed by atoms with E-state index in [0.717, 1.165) is 11.8 Å². The summed E-state index contributed by atoms with van der Waals surface area (Å²) in [5, 5.41) is 0. The first-order chi connectivity index (χ1) is 5.20. The van der Waals surface area contributed by atoms with Crippen LogP contribution in [0.25, 0.3) is 0 Å². The maximum atomic E-state index is 3.59. The summed E-state index contributed by atoms with van der Waals surface area (Å²) < 4.78 is 1.37. The van der Waals surface area contributed by atoms with Crippen molar-refractivity contribution in [3.05, 3.63) is 22.7 Å². The third-order valence-corrected chi connectivity index (χ3v) is 2.87. The van der Waals surface area contributed by atoms with E-state index in [2.05, 4.69) is 48.0 Å². The van der Waals surface area contributed by atoms with Gasteiger partial charge < -0.3 is 0 Å². The van der Waals surface area contributed by atoms with Gasteiger partial charge in [0.1, 0.15) is 0 Å². The Morgan fingerprint density at radius 3 is 2.91 bits per heavy atom. The van der Waals surface area contributed by atoms with Crippen LogP contribution in [-0.4, -0.2) is 0 Å². The highest BCUT2D eigenvalue weighted by atomic mass is 79.9. The first-order valence-electron chi connectivity index (χ1n) is 4.22. The second-order valence-electron chi connectivity index (χ2n) is 3.54. The molecular weight excluding hydrogens is 200 g/mol. The van der Waals surface area contributed by atoms with Gasteiger partial charge in [0.2, 0.25) is 0 Å². The Balaban J connectivity index is 2.47. The molecule has 1 rings (SSSR count). The van der Waals surface area contributed by atoms with Gasteiger partial charge in [-0.2, -0.15) is 0 Å². The zero-order valence-electron chi connectivity index (χ0n) is 7.18. The van der Waals surface area contributed by atoms with Crippen LogP contribution in [0, 0.1) is 11.8 Å². The summed E-state index contributed by atoms with van der Waals surface area (Å²) in [5.41, 5.74) is 0. The number of hydrogen-bond donors (Lipinski definition) is 0. The van der Waals surface area contributed by atoms with E-state index in [-0.39, 0.29) is 0 Å². The molecule has 0 bridgehead atoms. The number of rotatable bonds is 2. The molecule has 0 aromatic carbocycles. The Bertz CT molecular complexity index is 177. The molecule has 0 N–H and O–H groups in total. The molecule has 0 amide bonds. The van der Waals surface area contributed by atoms with E-state index < -0.39 is 0 Å². The van der Waals surface area contributed by atoms with E-state index in [4.69, 9.17) is 0 Å². The number of allylic oxidation sites excluding steroid dienone is 4. The first kappa shape index (κ1) is 9.05. The molecule has 0 radical (unpaired) electrons. The predicted octanol–water partition coefficient (Wildman–Crippen LogP) is 3.89. The molecule has 0 aromatic rings. The van der Waals surface area contributed by atoms with Gasteiger partial charge in [0, 0.05) is 0 Å². The predicted molar refractivity (Wildman–Crippen MR) is 53.7 cm³/mol. The summed E-state index contributed by atoms with van der Waals surface area (Å²) in [5.74, 6) is 1.53. The summed E-state index contributed by atoms with van der Waals surface area (Å²) in [7, 11) is 0. The van der Waals surface area contributed by atoms with Crippen LogP contribution >= 0.6 is 15.9 Å². The molecule has 1 heteroatoms. The minimum Gasteiger partial charge on any atom is -0.0839 e. The first-order valence-corrected chi connectivity index (χ1v) is 5.01. The minimum atomic E-state index is 0.736. The van der Waals surface area contributed by atoms with Crippen molar-refractivity contribution < 1.29 is 0 Å². The lowest BCUT2D eigenvalue weighted by atomic mass is 9.91. The standard InChI is InChI=1S/C10H15Br/c1-8(2)7-9-5-3-4-6-10(9)11/h3-4,6,8-9H,5,7H2,1-2H3. The number of halogens is 1. The Labute approximate surface area is 77.5 Å². The van der Waals surface area contributed by atoms with E-state index in [0.29, 0.717) is 0 Å². The highest BCUT2D eigenvalue weighted by Crippen LogP contribution is 2.30. The van der Waals surface area contributed by atoms with Gasteiger partial charge in [-0.15, -0.1) is 0 Å². The molecule has 11 heavy (non-hydrogen) atoms. The lowest BCUT2D eigenvalue weighted by Gasteiger charge is -2.18. The monoisotopic (exact) mass is 214 g/mol. The van der Waals surface area contributed by atoms with Crippen molar-refractivity contribution in [1.29, 1.82) is 0 Å². The van der Waals surface area contributed by atoms with E-state index >= 15 is 0 Å². The van der Waals surface area contributed by atoms with E-state index in [1.165, 1.54) is 17.3 Å². The molecule has 1 aliphatic rings. The van der Waals surface area contributed by atoms with Gasteiger partial charge >= 0.3 is 0 Å². The van der Waals surface area contributed by atoms with Crippen LogP contribution in [-0.2, 0) is 0 Å². The molecule has 0 spiro atoms. The Hall–Kier alpha value is -0.0400. The van der Waals surface area contributed by atoms with Crippen molar-refractivity contribution in [2.24, 2.45) is 11.8 Å². The topological polar surface area (TPSA) is 0 Å². The molecule has 0 aliphatic heterocycles. The summed E-state index contributed by atoms with van der Waals surface area (Å²) in [4.78, 5) is 0. The average molecular weight is 215 g/mol. The van der Waals surface area contributed by atoms with Crippen LogP contribution in [0.2, 0.25) is 0 Å². The molecule has 0 saturated heterocycles. The highest BCUT2D eigenvalue weighted by molar-refractivity contribution is 9.11. The van der Waals surface area contributed by atoms with Crippen molar-refractivity contribution in [3.8, 4) is 0 Å². The van der Waals surface area contributed by atoms with Gasteiger partial charge in [0.25, 0.3) is 0 Å². The maximum absolute atomic E-state index is 3.59. The molecule has 0 nitrogen and oxygen atoms in total. The van der Waals surface area contributed by atoms with Crippen LogP contribution < -0.4 is 0 Å². The van der Waals surface area contributed by atoms with Crippen molar-refractivity contribution in [1.82, 2.24) is 0 Å². The summed E-state index contributed by atoms with van der Waals surface area (Å²) in [6.45, 7) is 4.55. The summed E-state index contributed by atoms with van der Waals surface area (Å²) in [6, 6.07) is 0.